The fourth-order valence-corrected chi connectivity index (χ4v) is 3.12. The average Bonchev–Trinajstić information content (AvgIpc) is 2.26. The first-order valence-electron chi connectivity index (χ1n) is 7.05. The van der Waals surface area contributed by atoms with Gasteiger partial charge in [0.25, 0.3) is 0 Å². The minimum absolute atomic E-state index is 0.0713. The number of carboxylic acids is 1. The van der Waals surface area contributed by atoms with Crippen molar-refractivity contribution in [3.8, 4) is 0 Å². The number of rotatable bonds is 4. The molecule has 2 saturated carbocycles. The first-order valence-corrected chi connectivity index (χ1v) is 7.05. The fraction of sp³-hybridized carbons (Fsp3) is 0.857. The summed E-state index contributed by atoms with van der Waals surface area (Å²) < 4.78 is 0. The zero-order valence-electron chi connectivity index (χ0n) is 11.1. The highest BCUT2D eigenvalue weighted by atomic mass is 16.4. The summed E-state index contributed by atoms with van der Waals surface area (Å²) >= 11 is 0. The second kappa shape index (κ2) is 5.29. The molecule has 2 rings (SSSR count). The third-order valence-electron chi connectivity index (χ3n) is 4.58. The van der Waals surface area contributed by atoms with Gasteiger partial charge >= 0.3 is 5.97 Å². The maximum atomic E-state index is 12.2. The van der Waals surface area contributed by atoms with E-state index in [9.17, 15) is 9.59 Å². The molecular weight excluding hydrogens is 230 g/mol. The minimum Gasteiger partial charge on any atom is -0.481 e. The Morgan fingerprint density at radius 3 is 2.28 bits per heavy atom. The summed E-state index contributed by atoms with van der Waals surface area (Å²) in [6, 6.07) is 0. The van der Waals surface area contributed by atoms with Crippen LogP contribution in [-0.2, 0) is 9.59 Å². The normalized spacial score (nSPS) is 30.3. The van der Waals surface area contributed by atoms with Gasteiger partial charge in [0.2, 0.25) is 5.91 Å². The van der Waals surface area contributed by atoms with E-state index in [1.165, 1.54) is 0 Å². The Morgan fingerprint density at radius 1 is 1.22 bits per heavy atom. The van der Waals surface area contributed by atoms with Crippen molar-refractivity contribution in [3.63, 3.8) is 0 Å². The first kappa shape index (κ1) is 13.4. The molecule has 0 radical (unpaired) electrons. The zero-order valence-corrected chi connectivity index (χ0v) is 11.1. The molecule has 102 valence electrons. The Bertz CT molecular complexity index is 328. The maximum absolute atomic E-state index is 12.2. The van der Waals surface area contributed by atoms with E-state index in [-0.39, 0.29) is 18.2 Å². The molecule has 2 N–H and O–H groups in total. The lowest BCUT2D eigenvalue weighted by Gasteiger charge is -2.42. The number of nitrogens with one attached hydrogen (secondary N) is 1. The van der Waals surface area contributed by atoms with Crippen molar-refractivity contribution in [3.05, 3.63) is 0 Å². The van der Waals surface area contributed by atoms with Gasteiger partial charge in [-0.05, 0) is 50.9 Å². The monoisotopic (exact) mass is 253 g/mol. The van der Waals surface area contributed by atoms with Crippen molar-refractivity contribution in [2.24, 2.45) is 11.8 Å². The van der Waals surface area contributed by atoms with Gasteiger partial charge in [-0.25, -0.2) is 0 Å². The highest BCUT2D eigenvalue weighted by molar-refractivity contribution is 5.80. The molecule has 18 heavy (non-hydrogen) atoms. The lowest BCUT2D eigenvalue weighted by molar-refractivity contribution is -0.141. The molecule has 4 nitrogen and oxygen atoms in total. The van der Waals surface area contributed by atoms with Gasteiger partial charge in [-0.3, -0.25) is 9.59 Å². The highest BCUT2D eigenvalue weighted by Gasteiger charge is 2.41. The Labute approximate surface area is 108 Å². The van der Waals surface area contributed by atoms with Crippen LogP contribution in [0, 0.1) is 11.8 Å². The average molecular weight is 253 g/mol. The molecule has 0 unspecified atom stereocenters. The number of amides is 1. The van der Waals surface area contributed by atoms with E-state index in [0.717, 1.165) is 50.9 Å². The molecule has 0 saturated heterocycles. The van der Waals surface area contributed by atoms with Crippen molar-refractivity contribution in [1.82, 2.24) is 5.32 Å². The molecule has 0 aliphatic heterocycles. The van der Waals surface area contributed by atoms with E-state index in [1.807, 2.05) is 0 Å². The van der Waals surface area contributed by atoms with Crippen LogP contribution < -0.4 is 5.32 Å². The first-order chi connectivity index (χ1) is 8.51. The topological polar surface area (TPSA) is 66.4 Å². The predicted octanol–water partition coefficient (Wildman–Crippen LogP) is 2.33. The number of hydrogen-bond donors (Lipinski definition) is 2. The van der Waals surface area contributed by atoms with Crippen molar-refractivity contribution < 1.29 is 14.7 Å². The SMILES string of the molecule is CC1CCC(C(=O)NC2(CC(=O)O)CCC2)CC1. The zero-order chi connectivity index (χ0) is 13.2. The smallest absolute Gasteiger partial charge is 0.305 e. The van der Waals surface area contributed by atoms with Crippen molar-refractivity contribution in [2.45, 2.75) is 63.8 Å². The molecule has 2 aliphatic carbocycles. The van der Waals surface area contributed by atoms with Gasteiger partial charge in [-0.15, -0.1) is 0 Å². The standard InChI is InChI=1S/C14H23NO3/c1-10-3-5-11(6-4-10)13(18)15-14(7-2-8-14)9-12(16)17/h10-11H,2-9H2,1H3,(H,15,18)(H,16,17). The second-order valence-electron chi connectivity index (χ2n) is 6.15. The molecule has 2 aliphatic rings. The molecule has 0 aromatic heterocycles. The van der Waals surface area contributed by atoms with Gasteiger partial charge in [-0.2, -0.15) is 0 Å². The molecule has 0 bridgehead atoms. The van der Waals surface area contributed by atoms with Gasteiger partial charge in [0, 0.05) is 5.92 Å². The number of carbonyl (C=O) groups is 2. The van der Waals surface area contributed by atoms with E-state index >= 15 is 0 Å². The quantitative estimate of drug-likeness (QED) is 0.808. The Hall–Kier alpha value is -1.06. The van der Waals surface area contributed by atoms with Crippen LogP contribution in [0.3, 0.4) is 0 Å². The minimum atomic E-state index is -0.813. The van der Waals surface area contributed by atoms with Crippen LogP contribution in [0.15, 0.2) is 0 Å². The molecule has 0 heterocycles. The summed E-state index contributed by atoms with van der Waals surface area (Å²) in [4.78, 5) is 23.0. The number of carboxylic acid groups (broad SMARTS) is 1. The Morgan fingerprint density at radius 2 is 1.83 bits per heavy atom. The van der Waals surface area contributed by atoms with Gasteiger partial charge in [-0.1, -0.05) is 6.92 Å². The summed E-state index contributed by atoms with van der Waals surface area (Å²) in [5.41, 5.74) is -0.439. The van der Waals surface area contributed by atoms with Crippen LogP contribution in [-0.4, -0.2) is 22.5 Å². The molecule has 2 fully saturated rings. The number of carbonyl (C=O) groups excluding carboxylic acids is 1. The summed E-state index contributed by atoms with van der Waals surface area (Å²) in [6.45, 7) is 2.23. The molecule has 1 amide bonds. The van der Waals surface area contributed by atoms with Crippen molar-refractivity contribution in [1.29, 1.82) is 0 Å². The fourth-order valence-electron chi connectivity index (χ4n) is 3.12. The third kappa shape index (κ3) is 3.03. The van der Waals surface area contributed by atoms with Crippen LogP contribution in [0.5, 0.6) is 0 Å². The lowest BCUT2D eigenvalue weighted by atomic mass is 9.73. The molecule has 0 aromatic rings. The lowest BCUT2D eigenvalue weighted by Crippen LogP contribution is -2.56. The van der Waals surface area contributed by atoms with Gasteiger partial charge in [0.05, 0.1) is 12.0 Å². The van der Waals surface area contributed by atoms with Gasteiger partial charge in [0.15, 0.2) is 0 Å². The number of aliphatic carboxylic acids is 1. The molecular formula is C14H23NO3. The Balaban J connectivity index is 1.87. The van der Waals surface area contributed by atoms with Crippen LogP contribution in [0.2, 0.25) is 0 Å². The molecule has 0 atom stereocenters. The van der Waals surface area contributed by atoms with Crippen molar-refractivity contribution in [2.75, 3.05) is 0 Å². The van der Waals surface area contributed by atoms with Gasteiger partial charge in [0.1, 0.15) is 0 Å². The van der Waals surface area contributed by atoms with E-state index in [2.05, 4.69) is 12.2 Å². The van der Waals surface area contributed by atoms with Crippen molar-refractivity contribution >= 4 is 11.9 Å². The molecule has 0 spiro atoms. The van der Waals surface area contributed by atoms with Gasteiger partial charge < -0.3 is 10.4 Å². The van der Waals surface area contributed by atoms with Crippen LogP contribution in [0.25, 0.3) is 0 Å². The van der Waals surface area contributed by atoms with E-state index in [0.29, 0.717) is 0 Å². The highest BCUT2D eigenvalue weighted by Crippen LogP contribution is 2.36. The molecule has 4 heteroatoms. The number of hydrogen-bond acceptors (Lipinski definition) is 2. The summed E-state index contributed by atoms with van der Waals surface area (Å²) in [5, 5.41) is 11.9. The Kier molecular flexibility index (Phi) is 3.93. The summed E-state index contributed by atoms with van der Waals surface area (Å²) in [6.07, 6.45) is 6.86. The van der Waals surface area contributed by atoms with Crippen LogP contribution in [0.1, 0.15) is 58.3 Å². The summed E-state index contributed by atoms with van der Waals surface area (Å²) in [7, 11) is 0. The molecule has 0 aromatic carbocycles. The van der Waals surface area contributed by atoms with E-state index in [1.54, 1.807) is 0 Å². The van der Waals surface area contributed by atoms with Crippen LogP contribution >= 0.6 is 0 Å². The van der Waals surface area contributed by atoms with Crippen LogP contribution in [0.4, 0.5) is 0 Å². The third-order valence-corrected chi connectivity index (χ3v) is 4.58. The maximum Gasteiger partial charge on any atom is 0.305 e. The largest absolute Gasteiger partial charge is 0.481 e. The summed E-state index contributed by atoms with van der Waals surface area (Å²) in [5.74, 6) is 0.105. The van der Waals surface area contributed by atoms with E-state index in [4.69, 9.17) is 5.11 Å². The predicted molar refractivity (Wildman–Crippen MR) is 68.1 cm³/mol. The second-order valence-corrected chi connectivity index (χ2v) is 6.15. The van der Waals surface area contributed by atoms with E-state index < -0.39 is 11.5 Å².